The lowest BCUT2D eigenvalue weighted by Gasteiger charge is -2.12. The van der Waals surface area contributed by atoms with Crippen LogP contribution in [0.1, 0.15) is 12.8 Å². The van der Waals surface area contributed by atoms with Crippen molar-refractivity contribution in [1.29, 1.82) is 0 Å². The van der Waals surface area contributed by atoms with Crippen molar-refractivity contribution in [3.05, 3.63) is 36.4 Å². The predicted molar refractivity (Wildman–Crippen MR) is 82.8 cm³/mol. The maximum absolute atomic E-state index is 5.80. The average molecular weight is 312 g/mol. The van der Waals surface area contributed by atoms with Crippen LogP contribution in [0.25, 0.3) is 5.65 Å². The molecule has 0 radical (unpaired) electrons. The number of rotatable bonds is 5. The van der Waals surface area contributed by atoms with Gasteiger partial charge in [-0.1, -0.05) is 6.07 Å². The summed E-state index contributed by atoms with van der Waals surface area (Å²) in [6.07, 6.45) is 2.38. The van der Waals surface area contributed by atoms with Crippen LogP contribution < -0.4 is 10.1 Å². The Labute approximate surface area is 132 Å². The number of tetrazole rings is 1. The van der Waals surface area contributed by atoms with Crippen molar-refractivity contribution in [2.24, 2.45) is 0 Å². The molecule has 1 atom stereocenters. The highest BCUT2D eigenvalue weighted by Gasteiger charge is 2.16. The van der Waals surface area contributed by atoms with Crippen molar-refractivity contribution in [2.45, 2.75) is 18.9 Å². The molecule has 1 N–H and O–H groups in total. The second kappa shape index (κ2) is 6.17. The Morgan fingerprint density at radius 1 is 1.30 bits per heavy atom. The number of ether oxygens (including phenoxy) is 2. The van der Waals surface area contributed by atoms with Gasteiger partial charge >= 0.3 is 0 Å². The molecule has 0 aliphatic carbocycles. The summed E-state index contributed by atoms with van der Waals surface area (Å²) in [6, 6.07) is 11.4. The maximum Gasteiger partial charge on any atom is 0.200 e. The zero-order valence-electron chi connectivity index (χ0n) is 12.4. The van der Waals surface area contributed by atoms with Crippen molar-refractivity contribution < 1.29 is 9.47 Å². The minimum Gasteiger partial charge on any atom is -0.491 e. The summed E-state index contributed by atoms with van der Waals surface area (Å²) in [4.78, 5) is 0. The monoisotopic (exact) mass is 312 g/mol. The molecule has 8 nitrogen and oxygen atoms in total. The largest absolute Gasteiger partial charge is 0.491 e. The van der Waals surface area contributed by atoms with E-state index < -0.39 is 0 Å². The molecular weight excluding hydrogens is 296 g/mol. The fourth-order valence-electron chi connectivity index (χ4n) is 2.49. The molecule has 0 amide bonds. The molecule has 3 aromatic rings. The molecule has 23 heavy (non-hydrogen) atoms. The Kier molecular flexibility index (Phi) is 3.73. The number of fused-ring (bicyclic) bond motifs is 1. The summed E-state index contributed by atoms with van der Waals surface area (Å²) in [5.74, 6) is 1.45. The van der Waals surface area contributed by atoms with Crippen molar-refractivity contribution in [2.75, 3.05) is 18.5 Å². The SMILES string of the molecule is c1cc(Nc2ccc3nnnn3n2)cc(OCC2CCCO2)c1. The fourth-order valence-corrected chi connectivity index (χ4v) is 2.49. The minimum atomic E-state index is 0.204. The van der Waals surface area contributed by atoms with Crippen molar-refractivity contribution >= 4 is 17.2 Å². The molecule has 118 valence electrons. The van der Waals surface area contributed by atoms with E-state index in [-0.39, 0.29) is 6.10 Å². The molecule has 1 fully saturated rings. The van der Waals surface area contributed by atoms with E-state index in [1.54, 1.807) is 6.07 Å². The molecule has 2 aromatic heterocycles. The van der Waals surface area contributed by atoms with Gasteiger partial charge in [-0.15, -0.1) is 14.8 Å². The third-order valence-corrected chi connectivity index (χ3v) is 3.64. The molecular formula is C15H16N6O2. The zero-order chi connectivity index (χ0) is 15.5. The van der Waals surface area contributed by atoms with E-state index in [0.717, 1.165) is 30.9 Å². The van der Waals surface area contributed by atoms with E-state index in [1.807, 2.05) is 30.3 Å². The quantitative estimate of drug-likeness (QED) is 0.769. The van der Waals surface area contributed by atoms with Gasteiger partial charge in [0.2, 0.25) is 0 Å². The van der Waals surface area contributed by atoms with Crippen molar-refractivity contribution in [3.8, 4) is 5.75 Å². The van der Waals surface area contributed by atoms with Crippen LogP contribution in [-0.4, -0.2) is 44.6 Å². The van der Waals surface area contributed by atoms with Crippen LogP contribution in [0.2, 0.25) is 0 Å². The van der Waals surface area contributed by atoms with Gasteiger partial charge < -0.3 is 14.8 Å². The van der Waals surface area contributed by atoms with Gasteiger partial charge in [0.1, 0.15) is 12.4 Å². The van der Waals surface area contributed by atoms with Gasteiger partial charge in [-0.25, -0.2) is 0 Å². The van der Waals surface area contributed by atoms with Crippen LogP contribution in [0, 0.1) is 0 Å². The first-order chi connectivity index (χ1) is 11.4. The first kappa shape index (κ1) is 13.9. The highest BCUT2D eigenvalue weighted by atomic mass is 16.5. The normalized spacial score (nSPS) is 17.5. The lowest BCUT2D eigenvalue weighted by Crippen LogP contribution is -2.16. The molecule has 3 heterocycles. The summed E-state index contributed by atoms with van der Waals surface area (Å²) >= 11 is 0. The summed E-state index contributed by atoms with van der Waals surface area (Å²) in [6.45, 7) is 1.42. The van der Waals surface area contributed by atoms with E-state index in [2.05, 4.69) is 25.9 Å². The van der Waals surface area contributed by atoms with E-state index in [1.165, 1.54) is 4.63 Å². The van der Waals surface area contributed by atoms with Gasteiger partial charge in [0.15, 0.2) is 11.5 Å². The number of benzene rings is 1. The Morgan fingerprint density at radius 2 is 2.30 bits per heavy atom. The fraction of sp³-hybridized carbons (Fsp3) is 0.333. The van der Waals surface area contributed by atoms with Crippen LogP contribution in [-0.2, 0) is 4.74 Å². The van der Waals surface area contributed by atoms with Gasteiger partial charge in [-0.05, 0) is 47.5 Å². The van der Waals surface area contributed by atoms with Crippen molar-refractivity contribution in [3.63, 3.8) is 0 Å². The lowest BCUT2D eigenvalue weighted by atomic mass is 10.2. The summed E-state index contributed by atoms with van der Waals surface area (Å²) in [5, 5.41) is 18.7. The summed E-state index contributed by atoms with van der Waals surface area (Å²) in [7, 11) is 0. The summed E-state index contributed by atoms with van der Waals surface area (Å²) < 4.78 is 12.7. The van der Waals surface area contributed by atoms with Gasteiger partial charge in [-0.2, -0.15) is 0 Å². The lowest BCUT2D eigenvalue weighted by molar-refractivity contribution is 0.0680. The first-order valence-corrected chi connectivity index (χ1v) is 7.54. The Bertz CT molecular complexity index is 799. The molecule has 0 saturated carbocycles. The van der Waals surface area contributed by atoms with E-state index in [0.29, 0.717) is 18.1 Å². The molecule has 4 rings (SSSR count). The average Bonchev–Trinajstić information content (AvgIpc) is 3.24. The van der Waals surface area contributed by atoms with Crippen LogP contribution in [0.15, 0.2) is 36.4 Å². The Hall–Kier alpha value is -2.74. The second-order valence-corrected chi connectivity index (χ2v) is 5.34. The number of nitrogens with zero attached hydrogens (tertiary/aromatic N) is 5. The van der Waals surface area contributed by atoms with Crippen molar-refractivity contribution in [1.82, 2.24) is 25.3 Å². The van der Waals surface area contributed by atoms with E-state index in [9.17, 15) is 0 Å². The topological polar surface area (TPSA) is 86.5 Å². The molecule has 1 aromatic carbocycles. The molecule has 1 unspecified atom stereocenters. The number of aromatic nitrogens is 5. The molecule has 0 bridgehead atoms. The van der Waals surface area contributed by atoms with Gasteiger partial charge in [0.05, 0.1) is 6.10 Å². The standard InChI is InChI=1S/C15H16N6O2/c1-3-11(9-12(4-1)23-10-13-5-2-8-22-13)16-14-6-7-15-17-19-20-21(15)18-14/h1,3-4,6-7,9,13H,2,5,8,10H2,(H,16,18). The minimum absolute atomic E-state index is 0.204. The molecule has 1 aliphatic heterocycles. The molecule has 0 spiro atoms. The smallest absolute Gasteiger partial charge is 0.200 e. The predicted octanol–water partition coefficient (Wildman–Crippen LogP) is 1.82. The highest BCUT2D eigenvalue weighted by Crippen LogP contribution is 2.22. The number of hydrogen-bond acceptors (Lipinski definition) is 7. The van der Waals surface area contributed by atoms with Gasteiger partial charge in [0, 0.05) is 18.4 Å². The number of nitrogens with one attached hydrogen (secondary N) is 1. The van der Waals surface area contributed by atoms with Crippen LogP contribution in [0.4, 0.5) is 11.5 Å². The molecule has 1 saturated heterocycles. The third-order valence-electron chi connectivity index (χ3n) is 3.64. The Balaban J connectivity index is 1.44. The van der Waals surface area contributed by atoms with Crippen LogP contribution >= 0.6 is 0 Å². The first-order valence-electron chi connectivity index (χ1n) is 7.54. The second-order valence-electron chi connectivity index (χ2n) is 5.34. The van der Waals surface area contributed by atoms with E-state index in [4.69, 9.17) is 9.47 Å². The maximum atomic E-state index is 5.80. The van der Waals surface area contributed by atoms with Gasteiger partial charge in [-0.3, -0.25) is 0 Å². The zero-order valence-corrected chi connectivity index (χ0v) is 12.4. The third kappa shape index (κ3) is 3.21. The number of anilines is 2. The van der Waals surface area contributed by atoms with Crippen LogP contribution in [0.3, 0.4) is 0 Å². The number of hydrogen-bond donors (Lipinski definition) is 1. The highest BCUT2D eigenvalue weighted by molar-refractivity contribution is 5.58. The Morgan fingerprint density at radius 3 is 3.22 bits per heavy atom. The van der Waals surface area contributed by atoms with Gasteiger partial charge in [0.25, 0.3) is 0 Å². The summed E-state index contributed by atoms with van der Waals surface area (Å²) in [5.41, 5.74) is 1.49. The molecule has 8 heteroatoms. The van der Waals surface area contributed by atoms with Crippen LogP contribution in [0.5, 0.6) is 5.75 Å². The van der Waals surface area contributed by atoms with E-state index >= 15 is 0 Å². The molecule has 1 aliphatic rings.